The van der Waals surface area contributed by atoms with E-state index in [2.05, 4.69) is 51.7 Å². The molecular formula is C12H26O6S3. The zero-order chi connectivity index (χ0) is 17.7. The van der Waals surface area contributed by atoms with Crippen LogP contribution in [0.5, 0.6) is 0 Å². The van der Waals surface area contributed by atoms with E-state index in [9.17, 15) is 14.4 Å². The van der Waals surface area contributed by atoms with Gasteiger partial charge >= 0.3 is 17.9 Å². The number of aliphatic carboxylic acids is 3. The van der Waals surface area contributed by atoms with E-state index in [1.165, 1.54) is 6.42 Å². The standard InChI is InChI=1S/3C3H6O2S.C3H8/c3*4-3(5)1-2-6;1-3-2/h3*6H,1-2H2,(H,4,5);3H2,1-2H3. The normalized spacial score (nSPS) is 7.86. The molecule has 0 fully saturated rings. The average molecular weight is 363 g/mol. The summed E-state index contributed by atoms with van der Waals surface area (Å²) in [5.74, 6) is -1.08. The maximum Gasteiger partial charge on any atom is 0.304 e. The summed E-state index contributed by atoms with van der Waals surface area (Å²) in [6, 6.07) is 0. The summed E-state index contributed by atoms with van der Waals surface area (Å²) in [6.45, 7) is 4.25. The summed E-state index contributed by atoms with van der Waals surface area (Å²) in [4.78, 5) is 28.7. The van der Waals surface area contributed by atoms with Crippen molar-refractivity contribution in [3.05, 3.63) is 0 Å². The Morgan fingerprint density at radius 3 is 0.810 bits per heavy atom. The predicted molar refractivity (Wildman–Crippen MR) is 94.3 cm³/mol. The lowest BCUT2D eigenvalue weighted by Gasteiger charge is -1.79. The van der Waals surface area contributed by atoms with Crippen LogP contribution < -0.4 is 0 Å². The van der Waals surface area contributed by atoms with Crippen molar-refractivity contribution in [2.75, 3.05) is 17.3 Å². The monoisotopic (exact) mass is 362 g/mol. The van der Waals surface area contributed by atoms with Gasteiger partial charge in [-0.2, -0.15) is 37.9 Å². The number of hydrogen-bond acceptors (Lipinski definition) is 6. The lowest BCUT2D eigenvalue weighted by molar-refractivity contribution is -0.137. The minimum atomic E-state index is -0.787. The van der Waals surface area contributed by atoms with Crippen molar-refractivity contribution < 1.29 is 29.7 Å². The minimum absolute atomic E-state index is 0.156. The highest BCUT2D eigenvalue weighted by Crippen LogP contribution is 1.80. The van der Waals surface area contributed by atoms with Crippen LogP contribution in [0.3, 0.4) is 0 Å². The van der Waals surface area contributed by atoms with Gasteiger partial charge in [0.25, 0.3) is 0 Å². The third kappa shape index (κ3) is 82.9. The highest BCUT2D eigenvalue weighted by atomic mass is 32.1. The largest absolute Gasteiger partial charge is 0.481 e. The first-order valence-electron chi connectivity index (χ1n) is 6.21. The highest BCUT2D eigenvalue weighted by Gasteiger charge is 1.89. The molecule has 0 unspecified atom stereocenters. The summed E-state index contributed by atoms with van der Waals surface area (Å²) in [7, 11) is 0. The maximum atomic E-state index is 9.55. The quantitative estimate of drug-likeness (QED) is 0.405. The number of rotatable bonds is 6. The van der Waals surface area contributed by atoms with Crippen LogP contribution in [0.2, 0.25) is 0 Å². The fourth-order valence-corrected chi connectivity index (χ4v) is 0.861. The first kappa shape index (κ1) is 28.6. The molecule has 0 saturated heterocycles. The summed E-state index contributed by atoms with van der Waals surface area (Å²) in [6.07, 6.45) is 1.72. The molecule has 0 radical (unpaired) electrons. The van der Waals surface area contributed by atoms with Gasteiger partial charge in [-0.3, -0.25) is 14.4 Å². The van der Waals surface area contributed by atoms with Gasteiger partial charge in [0.2, 0.25) is 0 Å². The van der Waals surface area contributed by atoms with Crippen molar-refractivity contribution in [3.8, 4) is 0 Å². The zero-order valence-corrected chi connectivity index (χ0v) is 15.0. The Kier molecular flexibility index (Phi) is 37.8. The molecule has 128 valence electrons. The Hall–Kier alpha value is -0.540. The molecule has 0 heterocycles. The van der Waals surface area contributed by atoms with Gasteiger partial charge < -0.3 is 15.3 Å². The van der Waals surface area contributed by atoms with Crippen molar-refractivity contribution in [1.82, 2.24) is 0 Å². The van der Waals surface area contributed by atoms with Gasteiger partial charge in [-0.15, -0.1) is 0 Å². The van der Waals surface area contributed by atoms with Gasteiger partial charge in [0.1, 0.15) is 0 Å². The summed E-state index contributed by atoms with van der Waals surface area (Å²) in [5.41, 5.74) is 0. The van der Waals surface area contributed by atoms with Crippen molar-refractivity contribution in [1.29, 1.82) is 0 Å². The Morgan fingerprint density at radius 2 is 0.810 bits per heavy atom. The first-order valence-corrected chi connectivity index (χ1v) is 8.10. The van der Waals surface area contributed by atoms with E-state index in [-0.39, 0.29) is 19.3 Å². The molecule has 0 amide bonds. The van der Waals surface area contributed by atoms with E-state index in [1.54, 1.807) is 0 Å². The van der Waals surface area contributed by atoms with E-state index in [0.29, 0.717) is 17.3 Å². The molecule has 21 heavy (non-hydrogen) atoms. The fourth-order valence-electron chi connectivity index (χ4n) is 0.287. The third-order valence-electron chi connectivity index (χ3n) is 0.977. The summed E-state index contributed by atoms with van der Waals surface area (Å²) >= 11 is 11.0. The fraction of sp³-hybridized carbons (Fsp3) is 0.750. The number of carbonyl (C=O) groups is 3. The number of thiol groups is 3. The Labute approximate surface area is 142 Å². The molecule has 0 aromatic carbocycles. The second-order valence-corrected chi connectivity index (χ2v) is 4.65. The Balaban J connectivity index is -0.0000000944. The molecule has 0 bridgehead atoms. The van der Waals surface area contributed by atoms with Gasteiger partial charge in [0, 0.05) is 17.3 Å². The molecule has 3 N–H and O–H groups in total. The molecule has 0 atom stereocenters. The van der Waals surface area contributed by atoms with Crippen LogP contribution >= 0.6 is 37.9 Å². The van der Waals surface area contributed by atoms with E-state index in [4.69, 9.17) is 15.3 Å². The van der Waals surface area contributed by atoms with Crippen molar-refractivity contribution >= 4 is 55.8 Å². The van der Waals surface area contributed by atoms with Crippen LogP contribution in [-0.4, -0.2) is 50.5 Å². The van der Waals surface area contributed by atoms with E-state index in [1.807, 2.05) is 0 Å². The summed E-state index contributed by atoms with van der Waals surface area (Å²) in [5, 5.41) is 23.6. The van der Waals surface area contributed by atoms with Crippen LogP contribution in [0.1, 0.15) is 39.5 Å². The van der Waals surface area contributed by atoms with Gasteiger partial charge in [-0.25, -0.2) is 0 Å². The van der Waals surface area contributed by atoms with E-state index in [0.717, 1.165) is 0 Å². The molecule has 0 rings (SSSR count). The van der Waals surface area contributed by atoms with Gasteiger partial charge in [-0.1, -0.05) is 20.3 Å². The molecular weight excluding hydrogens is 336 g/mol. The smallest absolute Gasteiger partial charge is 0.304 e. The SMILES string of the molecule is CCC.O=C(O)CCS.O=C(O)CCS.O=C(O)CCS. The van der Waals surface area contributed by atoms with Crippen molar-refractivity contribution in [3.63, 3.8) is 0 Å². The second-order valence-electron chi connectivity index (χ2n) is 3.31. The molecule has 0 saturated carbocycles. The van der Waals surface area contributed by atoms with Crippen LogP contribution in [0.4, 0.5) is 0 Å². The predicted octanol–water partition coefficient (Wildman–Crippen LogP) is 2.59. The van der Waals surface area contributed by atoms with E-state index < -0.39 is 17.9 Å². The Bertz CT molecular complexity index is 211. The first-order chi connectivity index (χ1) is 9.72. The third-order valence-corrected chi connectivity index (χ3v) is 1.65. The van der Waals surface area contributed by atoms with Gasteiger partial charge in [0.15, 0.2) is 0 Å². The molecule has 0 aliphatic heterocycles. The van der Waals surface area contributed by atoms with Crippen LogP contribution in [0.25, 0.3) is 0 Å². The second kappa shape index (κ2) is 27.7. The van der Waals surface area contributed by atoms with Gasteiger partial charge in [-0.05, 0) is 0 Å². The average Bonchev–Trinajstić information content (AvgIpc) is 2.30. The van der Waals surface area contributed by atoms with Crippen LogP contribution in [0, 0.1) is 0 Å². The molecule has 0 spiro atoms. The lowest BCUT2D eigenvalue weighted by Crippen LogP contribution is -1.93. The topological polar surface area (TPSA) is 112 Å². The van der Waals surface area contributed by atoms with Crippen LogP contribution in [-0.2, 0) is 14.4 Å². The minimum Gasteiger partial charge on any atom is -0.481 e. The van der Waals surface area contributed by atoms with Crippen molar-refractivity contribution in [2.45, 2.75) is 39.5 Å². The molecule has 9 heteroatoms. The Morgan fingerprint density at radius 1 is 0.667 bits per heavy atom. The number of carboxylic acids is 3. The molecule has 6 nitrogen and oxygen atoms in total. The maximum absolute atomic E-state index is 9.55. The van der Waals surface area contributed by atoms with Crippen LogP contribution in [0.15, 0.2) is 0 Å². The molecule has 0 aromatic heterocycles. The number of carboxylic acid groups (broad SMARTS) is 3. The molecule has 0 aliphatic rings. The van der Waals surface area contributed by atoms with Gasteiger partial charge in [0.05, 0.1) is 19.3 Å². The molecule has 0 aliphatic carbocycles. The number of hydrogen-bond donors (Lipinski definition) is 6. The zero-order valence-electron chi connectivity index (χ0n) is 12.4. The molecule has 0 aromatic rings. The summed E-state index contributed by atoms with van der Waals surface area (Å²) < 4.78 is 0. The van der Waals surface area contributed by atoms with E-state index >= 15 is 0 Å². The highest BCUT2D eigenvalue weighted by molar-refractivity contribution is 7.80. The van der Waals surface area contributed by atoms with Crippen molar-refractivity contribution in [2.24, 2.45) is 0 Å². The lowest BCUT2D eigenvalue weighted by atomic mass is 10.5.